The zero-order valence-electron chi connectivity index (χ0n) is 17.3. The molecule has 0 aliphatic heterocycles. The van der Waals surface area contributed by atoms with Gasteiger partial charge in [-0.25, -0.2) is 9.97 Å². The minimum atomic E-state index is -0.0700. The van der Waals surface area contributed by atoms with E-state index >= 15 is 0 Å². The van der Waals surface area contributed by atoms with Crippen molar-refractivity contribution < 1.29 is 4.79 Å². The lowest BCUT2D eigenvalue weighted by molar-refractivity contribution is -0.114. The van der Waals surface area contributed by atoms with Crippen LogP contribution in [0.4, 0.5) is 11.5 Å². The molecule has 4 aromatic rings. The number of hydrogen-bond donors (Lipinski definition) is 2. The first-order valence-electron chi connectivity index (χ1n) is 10.5. The van der Waals surface area contributed by atoms with Gasteiger partial charge in [0.25, 0.3) is 0 Å². The van der Waals surface area contributed by atoms with Gasteiger partial charge in [0.2, 0.25) is 5.91 Å². The molecule has 31 heavy (non-hydrogen) atoms. The minimum absolute atomic E-state index is 0.0700. The fraction of sp³-hybridized carbons (Fsp3) is 0.250. The van der Waals surface area contributed by atoms with Crippen molar-refractivity contribution in [3.05, 3.63) is 64.8 Å². The number of thiophene rings is 1. The second kappa shape index (κ2) is 8.43. The average Bonchev–Trinajstić information content (AvgIpc) is 3.17. The molecule has 1 aromatic carbocycles. The van der Waals surface area contributed by atoms with Gasteiger partial charge >= 0.3 is 0 Å². The van der Waals surface area contributed by atoms with Gasteiger partial charge in [0.1, 0.15) is 10.6 Å². The first-order valence-corrected chi connectivity index (χ1v) is 11.3. The maximum absolute atomic E-state index is 11.2. The Bertz CT molecular complexity index is 1230. The summed E-state index contributed by atoms with van der Waals surface area (Å²) >= 11 is 1.80. The molecule has 1 amide bonds. The van der Waals surface area contributed by atoms with E-state index in [4.69, 9.17) is 9.97 Å². The monoisotopic (exact) mass is 429 g/mol. The van der Waals surface area contributed by atoms with E-state index < -0.39 is 0 Å². The zero-order valence-corrected chi connectivity index (χ0v) is 18.1. The van der Waals surface area contributed by atoms with Crippen LogP contribution in [0.1, 0.15) is 35.8 Å². The zero-order chi connectivity index (χ0) is 21.2. The van der Waals surface area contributed by atoms with Crippen molar-refractivity contribution in [3.63, 3.8) is 0 Å². The van der Waals surface area contributed by atoms with E-state index in [1.807, 2.05) is 36.4 Å². The summed E-state index contributed by atoms with van der Waals surface area (Å²) in [6, 6.07) is 11.8. The van der Waals surface area contributed by atoms with Crippen molar-refractivity contribution in [1.29, 1.82) is 0 Å². The number of nitrogens with one attached hydrogen (secondary N) is 2. The lowest BCUT2D eigenvalue weighted by Gasteiger charge is -2.14. The second-order valence-corrected chi connectivity index (χ2v) is 8.84. The van der Waals surface area contributed by atoms with Crippen molar-refractivity contribution >= 4 is 39.0 Å². The number of carbonyl (C=O) groups excluding carboxylic acids is 1. The van der Waals surface area contributed by atoms with Crippen LogP contribution in [0, 0.1) is 0 Å². The van der Waals surface area contributed by atoms with Gasteiger partial charge < -0.3 is 10.6 Å². The lowest BCUT2D eigenvalue weighted by atomic mass is 9.97. The third kappa shape index (κ3) is 4.14. The molecular formula is C24H23N5OS. The molecule has 0 saturated heterocycles. The normalized spacial score (nSPS) is 13.1. The number of amides is 1. The summed E-state index contributed by atoms with van der Waals surface area (Å²) in [5, 5.41) is 7.53. The number of pyridine rings is 1. The smallest absolute Gasteiger partial charge is 0.221 e. The molecule has 156 valence electrons. The Labute approximate surface area is 184 Å². The van der Waals surface area contributed by atoms with Gasteiger partial charge in [-0.1, -0.05) is 12.1 Å². The number of fused-ring (bicyclic) bond motifs is 3. The van der Waals surface area contributed by atoms with E-state index in [-0.39, 0.29) is 5.91 Å². The van der Waals surface area contributed by atoms with Gasteiger partial charge in [-0.2, -0.15) is 0 Å². The molecule has 1 aliphatic carbocycles. The Morgan fingerprint density at radius 3 is 2.71 bits per heavy atom. The topological polar surface area (TPSA) is 79.8 Å². The van der Waals surface area contributed by atoms with Crippen molar-refractivity contribution in [3.8, 4) is 11.4 Å². The quantitative estimate of drug-likeness (QED) is 0.456. The van der Waals surface area contributed by atoms with E-state index in [0.717, 1.165) is 40.3 Å². The van der Waals surface area contributed by atoms with E-state index in [1.165, 1.54) is 35.6 Å². The van der Waals surface area contributed by atoms with Gasteiger partial charge in [-0.3, -0.25) is 9.78 Å². The molecule has 6 nitrogen and oxygen atoms in total. The number of nitrogens with zero attached hydrogens (tertiary/aromatic N) is 3. The van der Waals surface area contributed by atoms with Gasteiger partial charge in [0.05, 0.1) is 5.39 Å². The highest BCUT2D eigenvalue weighted by Crippen LogP contribution is 2.39. The number of benzene rings is 1. The number of anilines is 2. The molecule has 7 heteroatoms. The maximum Gasteiger partial charge on any atom is 0.221 e. The van der Waals surface area contributed by atoms with Crippen LogP contribution < -0.4 is 10.6 Å². The predicted molar refractivity (Wildman–Crippen MR) is 125 cm³/mol. The summed E-state index contributed by atoms with van der Waals surface area (Å²) in [7, 11) is 0. The fourth-order valence-electron chi connectivity index (χ4n) is 4.00. The van der Waals surface area contributed by atoms with Crippen LogP contribution >= 0.6 is 11.3 Å². The van der Waals surface area contributed by atoms with Crippen molar-refractivity contribution in [2.45, 2.75) is 39.2 Å². The first-order chi connectivity index (χ1) is 15.2. The van der Waals surface area contributed by atoms with Gasteiger partial charge in [-0.05, 0) is 61.1 Å². The Kier molecular flexibility index (Phi) is 5.34. The number of carbonyl (C=O) groups is 1. The summed E-state index contributed by atoms with van der Waals surface area (Å²) < 4.78 is 0. The molecule has 0 fully saturated rings. The second-order valence-electron chi connectivity index (χ2n) is 7.76. The summed E-state index contributed by atoms with van der Waals surface area (Å²) in [5.74, 6) is 1.51. The third-order valence-corrected chi connectivity index (χ3v) is 6.65. The molecule has 0 atom stereocenters. The number of aryl methyl sites for hydroxylation is 2. The molecule has 0 radical (unpaired) electrons. The maximum atomic E-state index is 11.2. The Balaban J connectivity index is 1.50. The molecule has 3 aromatic heterocycles. The molecule has 5 rings (SSSR count). The van der Waals surface area contributed by atoms with Crippen LogP contribution in [0.3, 0.4) is 0 Å². The van der Waals surface area contributed by atoms with Crippen LogP contribution in [-0.2, 0) is 24.2 Å². The average molecular weight is 430 g/mol. The van der Waals surface area contributed by atoms with E-state index in [1.54, 1.807) is 23.7 Å². The van der Waals surface area contributed by atoms with Gasteiger partial charge in [0, 0.05) is 42.0 Å². The SMILES string of the molecule is CC(=O)Nc1ccc(CNc2nc(-c3cccnc3)nc3sc4c(c23)CCCC4)cc1. The highest BCUT2D eigenvalue weighted by molar-refractivity contribution is 7.19. The van der Waals surface area contributed by atoms with Crippen LogP contribution in [0.2, 0.25) is 0 Å². The fourth-order valence-corrected chi connectivity index (χ4v) is 5.27. The van der Waals surface area contributed by atoms with Gasteiger partial charge in [0.15, 0.2) is 5.82 Å². The summed E-state index contributed by atoms with van der Waals surface area (Å²) in [5.41, 5.74) is 4.24. The lowest BCUT2D eigenvalue weighted by Crippen LogP contribution is -2.07. The van der Waals surface area contributed by atoms with E-state index in [9.17, 15) is 4.79 Å². The van der Waals surface area contributed by atoms with E-state index in [2.05, 4.69) is 15.6 Å². The minimum Gasteiger partial charge on any atom is -0.365 e. The van der Waals surface area contributed by atoms with Crippen molar-refractivity contribution in [2.75, 3.05) is 10.6 Å². The van der Waals surface area contributed by atoms with Crippen LogP contribution in [-0.4, -0.2) is 20.9 Å². The Morgan fingerprint density at radius 1 is 1.10 bits per heavy atom. The molecule has 0 bridgehead atoms. The number of rotatable bonds is 5. The first kappa shape index (κ1) is 19.6. The molecule has 0 saturated carbocycles. The third-order valence-electron chi connectivity index (χ3n) is 5.47. The Morgan fingerprint density at radius 2 is 1.94 bits per heavy atom. The molecular weight excluding hydrogens is 406 g/mol. The van der Waals surface area contributed by atoms with Crippen LogP contribution in [0.5, 0.6) is 0 Å². The highest BCUT2D eigenvalue weighted by Gasteiger charge is 2.21. The predicted octanol–water partition coefficient (Wildman–Crippen LogP) is 5.20. The summed E-state index contributed by atoms with van der Waals surface area (Å²) in [4.78, 5) is 27.8. The van der Waals surface area contributed by atoms with Crippen LogP contribution in [0.25, 0.3) is 21.6 Å². The molecule has 2 N–H and O–H groups in total. The van der Waals surface area contributed by atoms with Gasteiger partial charge in [-0.15, -0.1) is 11.3 Å². The number of aromatic nitrogens is 3. The Hall–Kier alpha value is -3.32. The summed E-state index contributed by atoms with van der Waals surface area (Å²) in [6.45, 7) is 2.15. The molecule has 3 heterocycles. The van der Waals surface area contributed by atoms with Crippen LogP contribution in [0.15, 0.2) is 48.8 Å². The highest BCUT2D eigenvalue weighted by atomic mass is 32.1. The standard InChI is InChI=1S/C24H23N5OS/c1-15(30)27-18-10-8-16(9-11-18)13-26-23-21-19-6-2-3-7-20(19)31-24(21)29-22(28-23)17-5-4-12-25-14-17/h4-5,8-12,14H,2-3,6-7,13H2,1H3,(H,27,30)(H,26,28,29). The number of hydrogen-bond acceptors (Lipinski definition) is 6. The van der Waals surface area contributed by atoms with Crippen molar-refractivity contribution in [1.82, 2.24) is 15.0 Å². The summed E-state index contributed by atoms with van der Waals surface area (Å²) in [6.07, 6.45) is 8.24. The molecule has 1 aliphatic rings. The van der Waals surface area contributed by atoms with E-state index in [0.29, 0.717) is 12.4 Å². The molecule has 0 unspecified atom stereocenters. The van der Waals surface area contributed by atoms with Crippen molar-refractivity contribution in [2.24, 2.45) is 0 Å². The largest absolute Gasteiger partial charge is 0.365 e. The molecule has 0 spiro atoms.